The van der Waals surface area contributed by atoms with E-state index < -0.39 is 0 Å². The molecular weight excluding hydrogens is 450 g/mol. The van der Waals surface area contributed by atoms with E-state index in [1.807, 2.05) is 0 Å². The predicted molar refractivity (Wildman–Crippen MR) is 155 cm³/mol. The Morgan fingerprint density at radius 1 is 0.757 bits per heavy atom. The van der Waals surface area contributed by atoms with Gasteiger partial charge in [-0.05, 0) is 70.2 Å². The van der Waals surface area contributed by atoms with Crippen LogP contribution in [0.15, 0.2) is 71.3 Å². The monoisotopic (exact) mass is 488 g/mol. The van der Waals surface area contributed by atoms with Crippen molar-refractivity contribution >= 4 is 21.9 Å². The van der Waals surface area contributed by atoms with Crippen LogP contribution in [0.5, 0.6) is 0 Å². The van der Waals surface area contributed by atoms with Crippen LogP contribution in [0.4, 0.5) is 0 Å². The van der Waals surface area contributed by atoms with Crippen LogP contribution in [-0.2, 0) is 12.5 Å². The molecule has 0 atom stereocenters. The molecule has 0 aliphatic heterocycles. The van der Waals surface area contributed by atoms with Gasteiger partial charge in [-0.1, -0.05) is 77.9 Å². The predicted octanol–water partition coefficient (Wildman–Crippen LogP) is 9.09. The van der Waals surface area contributed by atoms with Gasteiger partial charge in [-0.2, -0.15) is 0 Å². The molecule has 0 bridgehead atoms. The van der Waals surface area contributed by atoms with Crippen LogP contribution in [0.25, 0.3) is 44.3 Å². The minimum atomic E-state index is -0.0319. The lowest BCUT2D eigenvalue weighted by Gasteiger charge is -2.40. The molecule has 37 heavy (non-hydrogen) atoms. The summed E-state index contributed by atoms with van der Waals surface area (Å²) < 4.78 is 9.06. The summed E-state index contributed by atoms with van der Waals surface area (Å²) in [5.74, 6) is 1.40. The summed E-state index contributed by atoms with van der Waals surface area (Å²) in [7, 11) is 2.13. The molecule has 2 aromatic heterocycles. The van der Waals surface area contributed by atoms with E-state index >= 15 is 0 Å². The molecule has 1 aliphatic carbocycles. The van der Waals surface area contributed by atoms with Crippen molar-refractivity contribution in [2.45, 2.75) is 59.8 Å². The second kappa shape index (κ2) is 8.31. The Balaban J connectivity index is 1.69. The van der Waals surface area contributed by atoms with Crippen LogP contribution in [0.3, 0.4) is 0 Å². The van der Waals surface area contributed by atoms with Gasteiger partial charge in [-0.3, -0.25) is 0 Å². The Kier molecular flexibility index (Phi) is 5.39. The minimum absolute atomic E-state index is 0.0319. The molecule has 0 fully saturated rings. The van der Waals surface area contributed by atoms with E-state index in [4.69, 9.17) is 4.42 Å². The van der Waals surface area contributed by atoms with Crippen molar-refractivity contribution in [2.75, 3.05) is 0 Å². The van der Waals surface area contributed by atoms with Gasteiger partial charge in [0.05, 0.1) is 5.56 Å². The van der Waals surface area contributed by atoms with Gasteiger partial charge >= 0.3 is 0 Å². The van der Waals surface area contributed by atoms with Crippen LogP contribution in [0.2, 0.25) is 0 Å². The van der Waals surface area contributed by atoms with Crippen LogP contribution < -0.4 is 4.57 Å². The second-order valence-electron chi connectivity index (χ2n) is 12.0. The summed E-state index contributed by atoms with van der Waals surface area (Å²) in [5.41, 5.74) is 12.5. The quantitative estimate of drug-likeness (QED) is 0.231. The molecule has 0 unspecified atom stereocenters. The van der Waals surface area contributed by atoms with Gasteiger partial charge in [-0.15, -0.1) is 0 Å². The third-order valence-electron chi connectivity index (χ3n) is 9.01. The number of hydrogen-bond acceptors (Lipinski definition) is 1. The van der Waals surface area contributed by atoms with Crippen molar-refractivity contribution < 1.29 is 8.98 Å². The molecule has 5 aromatic rings. The molecule has 0 radical (unpaired) electrons. The maximum absolute atomic E-state index is 6.84. The van der Waals surface area contributed by atoms with Crippen LogP contribution in [-0.4, -0.2) is 0 Å². The largest absolute Gasteiger partial charge is 0.455 e. The highest BCUT2D eigenvalue weighted by Gasteiger charge is 2.48. The number of nitrogens with zero attached hydrogens (tertiary/aromatic N) is 1. The second-order valence-corrected chi connectivity index (χ2v) is 12.0. The smallest absolute Gasteiger partial charge is 0.216 e. The zero-order valence-electron chi connectivity index (χ0n) is 23.4. The molecule has 0 amide bonds. The number of aryl methyl sites for hydroxylation is 2. The number of hydrogen-bond donors (Lipinski definition) is 0. The lowest BCUT2D eigenvalue weighted by atomic mass is 9.63. The van der Waals surface area contributed by atoms with E-state index in [0.29, 0.717) is 17.8 Å². The summed E-state index contributed by atoms with van der Waals surface area (Å²) in [5, 5.41) is 2.40. The number of aromatic nitrogens is 1. The average molecular weight is 489 g/mol. The number of pyridine rings is 1. The summed E-state index contributed by atoms with van der Waals surface area (Å²) in [6, 6.07) is 22.9. The molecule has 2 heteroatoms. The van der Waals surface area contributed by atoms with Crippen molar-refractivity contribution in [3.8, 4) is 22.4 Å². The normalized spacial score (nSPS) is 14.4. The first-order chi connectivity index (χ1) is 17.7. The Labute approximate surface area is 221 Å². The average Bonchev–Trinajstić information content (AvgIpc) is 3.36. The van der Waals surface area contributed by atoms with E-state index in [2.05, 4.69) is 127 Å². The summed E-state index contributed by atoms with van der Waals surface area (Å²) in [6.45, 7) is 16.2. The molecule has 0 spiro atoms. The van der Waals surface area contributed by atoms with Gasteiger partial charge in [0.25, 0.3) is 0 Å². The van der Waals surface area contributed by atoms with Gasteiger partial charge in [0.1, 0.15) is 18.2 Å². The molecular formula is C35H38NO+. The lowest BCUT2D eigenvalue weighted by Crippen LogP contribution is -2.37. The van der Waals surface area contributed by atoms with Crippen LogP contribution in [0, 0.1) is 18.8 Å². The van der Waals surface area contributed by atoms with Gasteiger partial charge in [0, 0.05) is 28.3 Å². The maximum Gasteiger partial charge on any atom is 0.216 e. The third kappa shape index (κ3) is 3.21. The van der Waals surface area contributed by atoms with E-state index in [-0.39, 0.29) is 5.41 Å². The number of rotatable bonds is 4. The Hall–Kier alpha value is -3.39. The van der Waals surface area contributed by atoms with Crippen molar-refractivity contribution in [3.63, 3.8) is 0 Å². The summed E-state index contributed by atoms with van der Waals surface area (Å²) >= 11 is 0. The number of fused-ring (bicyclic) bond motifs is 6. The standard InChI is InChI=1S/C35H38NO/c1-20(2)24-15-16-36(8)31(17-24)33-23(7)13-14-26-28-18-27-25-11-9-10-12-29(25)35(21(3)4,22(5)6)30(27)19-32(28)37-34(26)33/h9-22H,1-8H3/q+1. The van der Waals surface area contributed by atoms with E-state index in [0.717, 1.165) is 11.2 Å². The highest BCUT2D eigenvalue weighted by Crippen LogP contribution is 2.57. The molecule has 1 aliphatic rings. The minimum Gasteiger partial charge on any atom is -0.455 e. The molecule has 0 saturated heterocycles. The zero-order chi connectivity index (χ0) is 26.2. The van der Waals surface area contributed by atoms with Crippen molar-refractivity contribution in [3.05, 3.63) is 89.1 Å². The molecule has 2 nitrogen and oxygen atoms in total. The molecule has 0 saturated carbocycles. The van der Waals surface area contributed by atoms with Gasteiger partial charge < -0.3 is 4.42 Å². The van der Waals surface area contributed by atoms with Gasteiger partial charge in [0.15, 0.2) is 6.20 Å². The Bertz CT molecular complexity index is 1670. The number of benzene rings is 3. The first-order valence-electron chi connectivity index (χ1n) is 13.8. The fraction of sp³-hybridized carbons (Fsp3) is 0.343. The van der Waals surface area contributed by atoms with E-state index in [1.165, 1.54) is 55.4 Å². The molecule has 6 rings (SSSR count). The first kappa shape index (κ1) is 24.0. The fourth-order valence-corrected chi connectivity index (χ4v) is 7.20. The van der Waals surface area contributed by atoms with Crippen LogP contribution >= 0.6 is 0 Å². The summed E-state index contributed by atoms with van der Waals surface area (Å²) in [6.07, 6.45) is 2.18. The van der Waals surface area contributed by atoms with Crippen molar-refractivity contribution in [1.29, 1.82) is 0 Å². The first-order valence-corrected chi connectivity index (χ1v) is 13.8. The summed E-state index contributed by atoms with van der Waals surface area (Å²) in [4.78, 5) is 0. The molecule has 3 aromatic carbocycles. The lowest BCUT2D eigenvalue weighted by molar-refractivity contribution is -0.660. The Morgan fingerprint density at radius 2 is 1.49 bits per heavy atom. The fourth-order valence-electron chi connectivity index (χ4n) is 7.20. The molecule has 0 N–H and O–H groups in total. The van der Waals surface area contributed by atoms with Crippen molar-refractivity contribution in [2.24, 2.45) is 18.9 Å². The maximum atomic E-state index is 6.84. The zero-order valence-corrected chi connectivity index (χ0v) is 23.4. The highest BCUT2D eigenvalue weighted by atomic mass is 16.3. The molecule has 2 heterocycles. The molecule has 188 valence electrons. The SMILES string of the molecule is Cc1ccc2c(oc3cc4c(cc32)-c2ccccc2C4(C(C)C)C(C)C)c1-c1cc(C(C)C)cc[n+]1C. The third-order valence-corrected chi connectivity index (χ3v) is 9.01. The topological polar surface area (TPSA) is 17.0 Å². The van der Waals surface area contributed by atoms with E-state index in [1.54, 1.807) is 0 Å². The van der Waals surface area contributed by atoms with Gasteiger partial charge in [0.2, 0.25) is 5.69 Å². The van der Waals surface area contributed by atoms with Gasteiger partial charge in [-0.25, -0.2) is 4.57 Å². The number of furan rings is 1. The van der Waals surface area contributed by atoms with Crippen molar-refractivity contribution in [1.82, 2.24) is 0 Å². The highest BCUT2D eigenvalue weighted by molar-refractivity contribution is 6.11. The van der Waals surface area contributed by atoms with E-state index in [9.17, 15) is 0 Å². The van der Waals surface area contributed by atoms with Crippen LogP contribution in [0.1, 0.15) is 69.7 Å². The Morgan fingerprint density at radius 3 is 2.19 bits per heavy atom.